The van der Waals surface area contributed by atoms with Gasteiger partial charge in [0.25, 0.3) is 0 Å². The number of carbonyl (C=O) groups is 1. The van der Waals surface area contributed by atoms with Crippen LogP contribution in [0.3, 0.4) is 0 Å². The molecule has 0 aromatic heterocycles. The molecule has 1 saturated heterocycles. The van der Waals surface area contributed by atoms with E-state index in [1.807, 2.05) is 24.3 Å². The van der Waals surface area contributed by atoms with Crippen LogP contribution in [0.2, 0.25) is 0 Å². The molecule has 0 bridgehead atoms. The first-order valence-electron chi connectivity index (χ1n) is 21.3. The highest BCUT2D eigenvalue weighted by Crippen LogP contribution is 2.63. The van der Waals surface area contributed by atoms with Crippen LogP contribution in [0.15, 0.2) is 119 Å². The van der Waals surface area contributed by atoms with Gasteiger partial charge in [-0.1, -0.05) is 72.6 Å². The number of benzene rings is 4. The third-order valence-electron chi connectivity index (χ3n) is 12.3. The molecule has 2 N–H and O–H groups in total. The van der Waals surface area contributed by atoms with Crippen LogP contribution in [-0.2, 0) is 14.3 Å². The van der Waals surface area contributed by atoms with E-state index in [0.717, 1.165) is 84.1 Å². The van der Waals surface area contributed by atoms with Gasteiger partial charge in [0.15, 0.2) is 0 Å². The number of carbonyl (C=O) groups excluding carboxylic acids is 1. The van der Waals surface area contributed by atoms with Crippen LogP contribution < -0.4 is 9.47 Å². The minimum atomic E-state index is -1.12. The second kappa shape index (κ2) is 19.3. The van der Waals surface area contributed by atoms with Crippen LogP contribution in [0.1, 0.15) is 86.0 Å². The Labute approximate surface area is 351 Å². The molecule has 4 aliphatic rings. The van der Waals surface area contributed by atoms with Gasteiger partial charge in [-0.25, -0.2) is 0 Å². The highest BCUT2D eigenvalue weighted by molar-refractivity contribution is 8.00. The predicted octanol–water partition coefficient (Wildman–Crippen LogP) is 10.4. The van der Waals surface area contributed by atoms with Gasteiger partial charge < -0.3 is 34.0 Å². The number of hydrogen-bond acceptors (Lipinski definition) is 10. The van der Waals surface area contributed by atoms with Crippen LogP contribution >= 0.6 is 11.8 Å². The standard InChI is InChI=1S/C49H55NO8S/c1-2-25-55-49-45(59-39-21-19-34-13-3-4-14-35(34)28-39)31-43(50-58-46-18-7-10-26-54-46)41-29-36(15-5-8-23-51)40(17-6-9-24-52)47(48(41)49)42-30-38(20-22-44(42)57-49)56-37-16-11-12-33(27-37)32-53/h2-4,11-14,16,19-22,27-30,32,36,40,45-48,51-52H,1,5-10,15,17-18,23-26,31H2/t36-,40+,45-,46?,47+,48+,49+/m0/s1. The zero-order valence-corrected chi connectivity index (χ0v) is 34.4. The van der Waals surface area contributed by atoms with E-state index < -0.39 is 12.1 Å². The lowest BCUT2D eigenvalue weighted by molar-refractivity contribution is -0.223. The van der Waals surface area contributed by atoms with Crippen molar-refractivity contribution in [3.05, 3.63) is 120 Å². The van der Waals surface area contributed by atoms with Crippen LogP contribution in [0.5, 0.6) is 17.2 Å². The highest BCUT2D eigenvalue weighted by atomic mass is 32.2. The molecule has 7 atom stereocenters. The zero-order valence-electron chi connectivity index (χ0n) is 33.6. The number of aliphatic hydroxyl groups is 2. The second-order valence-corrected chi connectivity index (χ2v) is 17.3. The molecule has 0 radical (unpaired) electrons. The number of fused-ring (bicyclic) bond motifs is 3. The Morgan fingerprint density at radius 2 is 1.73 bits per heavy atom. The predicted molar refractivity (Wildman–Crippen MR) is 231 cm³/mol. The van der Waals surface area contributed by atoms with Crippen molar-refractivity contribution in [3.63, 3.8) is 0 Å². The molecule has 4 aromatic carbocycles. The zero-order chi connectivity index (χ0) is 40.6. The third-order valence-corrected chi connectivity index (χ3v) is 13.6. The van der Waals surface area contributed by atoms with Crippen molar-refractivity contribution in [2.75, 3.05) is 26.4 Å². The Kier molecular flexibility index (Phi) is 13.5. The minimum absolute atomic E-state index is 0.0950. The molecule has 10 heteroatoms. The lowest BCUT2D eigenvalue weighted by Gasteiger charge is -2.58. The number of ether oxygens (including phenoxy) is 4. The number of aldehydes is 1. The molecule has 4 aromatic rings. The smallest absolute Gasteiger partial charge is 0.231 e. The van der Waals surface area contributed by atoms with Crippen molar-refractivity contribution >= 4 is 34.5 Å². The van der Waals surface area contributed by atoms with Crippen molar-refractivity contribution in [1.82, 2.24) is 0 Å². The van der Waals surface area contributed by atoms with E-state index in [9.17, 15) is 15.0 Å². The van der Waals surface area contributed by atoms with Crippen molar-refractivity contribution in [2.24, 2.45) is 22.9 Å². The largest absolute Gasteiger partial charge is 0.460 e. The second-order valence-electron chi connectivity index (χ2n) is 16.1. The van der Waals surface area contributed by atoms with Gasteiger partial charge in [-0.2, -0.15) is 0 Å². The summed E-state index contributed by atoms with van der Waals surface area (Å²) in [4.78, 5) is 19.0. The first kappa shape index (κ1) is 41.3. The average Bonchev–Trinajstić information content (AvgIpc) is 3.27. The summed E-state index contributed by atoms with van der Waals surface area (Å²) in [5, 5.41) is 26.9. The fraction of sp³-hybridized carbons (Fsp3) is 0.429. The number of hydrogen-bond donors (Lipinski definition) is 2. The molecule has 310 valence electrons. The van der Waals surface area contributed by atoms with Gasteiger partial charge in [-0.05, 0) is 109 Å². The molecule has 2 aliphatic heterocycles. The maximum Gasteiger partial charge on any atom is 0.231 e. The van der Waals surface area contributed by atoms with Gasteiger partial charge in [0.1, 0.15) is 23.5 Å². The first-order valence-corrected chi connectivity index (χ1v) is 22.2. The van der Waals surface area contributed by atoms with Crippen LogP contribution in [-0.4, -0.2) is 66.0 Å². The molecule has 8 rings (SSSR count). The Balaban J connectivity index is 1.30. The van der Waals surface area contributed by atoms with Gasteiger partial charge in [-0.3, -0.25) is 4.79 Å². The van der Waals surface area contributed by atoms with Crippen molar-refractivity contribution < 1.29 is 38.8 Å². The van der Waals surface area contributed by atoms with E-state index in [0.29, 0.717) is 42.9 Å². The molecule has 0 spiro atoms. The monoisotopic (exact) mass is 817 g/mol. The summed E-state index contributed by atoms with van der Waals surface area (Å²) in [6, 6.07) is 28.2. The van der Waals surface area contributed by atoms with E-state index in [1.165, 1.54) is 5.39 Å². The third kappa shape index (κ3) is 9.03. The number of oxime groups is 1. The van der Waals surface area contributed by atoms with Crippen molar-refractivity contribution in [1.29, 1.82) is 0 Å². The summed E-state index contributed by atoms with van der Waals surface area (Å²) in [6.45, 7) is 5.28. The summed E-state index contributed by atoms with van der Waals surface area (Å²) in [7, 11) is 0. The Morgan fingerprint density at radius 1 is 0.898 bits per heavy atom. The summed E-state index contributed by atoms with van der Waals surface area (Å²) < 4.78 is 27.0. The molecule has 2 fully saturated rings. The van der Waals surface area contributed by atoms with Crippen LogP contribution in [0, 0.1) is 17.8 Å². The van der Waals surface area contributed by atoms with E-state index in [2.05, 4.69) is 61.2 Å². The lowest BCUT2D eigenvalue weighted by atomic mass is 9.56. The quantitative estimate of drug-likeness (QED) is 0.0438. The lowest BCUT2D eigenvalue weighted by Crippen LogP contribution is -2.64. The fourth-order valence-electron chi connectivity index (χ4n) is 9.60. The molecule has 1 unspecified atom stereocenters. The fourth-order valence-corrected chi connectivity index (χ4v) is 10.9. The molecule has 0 amide bonds. The number of thioether (sulfide) groups is 1. The maximum absolute atomic E-state index is 11.6. The number of aliphatic hydroxyl groups excluding tert-OH is 2. The van der Waals surface area contributed by atoms with Gasteiger partial charge in [0.05, 0.1) is 30.1 Å². The molecule has 2 heterocycles. The number of unbranched alkanes of at least 4 members (excludes halogenated alkanes) is 2. The van der Waals surface area contributed by atoms with Gasteiger partial charge in [0.2, 0.25) is 12.1 Å². The number of allylic oxidation sites excluding steroid dienone is 1. The Bertz CT molecular complexity index is 2150. The van der Waals surface area contributed by atoms with Crippen LogP contribution in [0.4, 0.5) is 0 Å². The first-order chi connectivity index (χ1) is 29.0. The minimum Gasteiger partial charge on any atom is -0.460 e. The van der Waals surface area contributed by atoms with Crippen molar-refractivity contribution in [2.45, 2.75) is 92.3 Å². The Morgan fingerprint density at radius 3 is 2.53 bits per heavy atom. The van der Waals surface area contributed by atoms with E-state index in [-0.39, 0.29) is 48.7 Å². The normalized spacial score (nSPS) is 26.6. The van der Waals surface area contributed by atoms with E-state index in [4.69, 9.17) is 28.9 Å². The highest BCUT2D eigenvalue weighted by Gasteiger charge is 2.64. The molecular weight excluding hydrogens is 763 g/mol. The SMILES string of the molecule is C=CCO[C@@]12Oc3ccc(Oc4cccc(C=O)c4)cc3[C@H]3[C@H](CCCCO)[C@@H](CCCCO)C=C(C(=NOC4CCCCO4)C[C@@H]1Sc1ccc4ccccc4c1)[C@H]32. The van der Waals surface area contributed by atoms with Crippen LogP contribution in [0.25, 0.3) is 10.8 Å². The molecule has 9 nitrogen and oxygen atoms in total. The Hall–Kier alpha value is -4.45. The summed E-state index contributed by atoms with van der Waals surface area (Å²) in [6.07, 6.45) is 12.9. The molecule has 59 heavy (non-hydrogen) atoms. The molecule has 2 aliphatic carbocycles. The number of nitrogens with zero attached hydrogens (tertiary/aromatic N) is 1. The molecular formula is C49H55NO8S. The topological polar surface area (TPSA) is 116 Å². The summed E-state index contributed by atoms with van der Waals surface area (Å²) in [5.41, 5.74) is 3.50. The summed E-state index contributed by atoms with van der Waals surface area (Å²) >= 11 is 1.75. The van der Waals surface area contributed by atoms with Crippen molar-refractivity contribution in [3.8, 4) is 17.2 Å². The van der Waals surface area contributed by atoms with E-state index in [1.54, 1.807) is 30.0 Å². The number of rotatable bonds is 18. The van der Waals surface area contributed by atoms with Gasteiger partial charge >= 0.3 is 0 Å². The van der Waals surface area contributed by atoms with E-state index >= 15 is 0 Å². The summed E-state index contributed by atoms with van der Waals surface area (Å²) in [5.74, 6) is 0.728. The molecule has 1 saturated carbocycles. The maximum atomic E-state index is 11.6. The van der Waals surface area contributed by atoms with Gasteiger partial charge in [-0.15, -0.1) is 18.3 Å². The average molecular weight is 818 g/mol. The van der Waals surface area contributed by atoms with Gasteiger partial charge in [0, 0.05) is 48.0 Å².